The van der Waals surface area contributed by atoms with Crippen molar-refractivity contribution in [2.24, 2.45) is 0 Å². The summed E-state index contributed by atoms with van der Waals surface area (Å²) in [5.41, 5.74) is 7.65. The maximum absolute atomic E-state index is 6.28. The van der Waals surface area contributed by atoms with Crippen molar-refractivity contribution in [2.45, 2.75) is 0 Å². The molecule has 0 amide bonds. The van der Waals surface area contributed by atoms with E-state index in [2.05, 4.69) is 157 Å². The molecule has 2 nitrogen and oxygen atoms in total. The predicted molar refractivity (Wildman–Crippen MR) is 202 cm³/mol. The minimum absolute atomic E-state index is 0.923. The average molecular weight is 618 g/mol. The summed E-state index contributed by atoms with van der Waals surface area (Å²) < 4.78 is 8.88. The molecule has 10 aromatic rings. The number of thiophene rings is 1. The van der Waals surface area contributed by atoms with Crippen molar-refractivity contribution in [2.75, 3.05) is 4.90 Å². The Labute approximate surface area is 275 Å². The van der Waals surface area contributed by atoms with Crippen LogP contribution in [0, 0.1) is 0 Å². The summed E-state index contributed by atoms with van der Waals surface area (Å²) in [6, 6.07) is 59.1. The lowest BCUT2D eigenvalue weighted by atomic mass is 9.99. The van der Waals surface area contributed by atoms with Gasteiger partial charge >= 0.3 is 0 Å². The predicted octanol–water partition coefficient (Wildman–Crippen LogP) is 13.4. The third-order valence-corrected chi connectivity index (χ3v) is 10.6. The van der Waals surface area contributed by atoms with E-state index in [4.69, 9.17) is 4.42 Å². The lowest BCUT2D eigenvalue weighted by molar-refractivity contribution is 0.669. The molecule has 0 fully saturated rings. The molecule has 47 heavy (non-hydrogen) atoms. The Bertz CT molecular complexity index is 2790. The molecule has 0 radical (unpaired) electrons. The SMILES string of the molecule is c1ccc(-c2ccc(N(c3ccc4c(ccc5cc6c(cc54)oc4ccccc46)c3)c3ccc4c(c3)sc3ccccc34)cc2)cc1. The molecule has 0 unspecified atom stereocenters. The summed E-state index contributed by atoms with van der Waals surface area (Å²) in [6.45, 7) is 0. The van der Waals surface area contributed by atoms with Gasteiger partial charge in [-0.1, -0.05) is 103 Å². The minimum atomic E-state index is 0.923. The molecule has 2 aromatic heterocycles. The summed E-state index contributed by atoms with van der Waals surface area (Å²) in [5, 5.41) is 9.76. The van der Waals surface area contributed by atoms with E-state index in [9.17, 15) is 0 Å². The van der Waals surface area contributed by atoms with Gasteiger partial charge in [-0.15, -0.1) is 11.3 Å². The molecule has 2 heterocycles. The quantitative estimate of drug-likeness (QED) is 0.183. The maximum Gasteiger partial charge on any atom is 0.136 e. The fourth-order valence-corrected chi connectivity index (χ4v) is 8.28. The number of rotatable bonds is 4. The normalized spacial score (nSPS) is 11.8. The summed E-state index contributed by atoms with van der Waals surface area (Å²) in [6.07, 6.45) is 0. The monoisotopic (exact) mass is 617 g/mol. The smallest absolute Gasteiger partial charge is 0.136 e. The molecule has 8 aromatic carbocycles. The van der Waals surface area contributed by atoms with Gasteiger partial charge in [0.15, 0.2) is 0 Å². The van der Waals surface area contributed by atoms with E-state index in [1.807, 2.05) is 23.5 Å². The van der Waals surface area contributed by atoms with Crippen LogP contribution in [0.5, 0.6) is 0 Å². The Balaban J connectivity index is 1.14. The number of hydrogen-bond donors (Lipinski definition) is 0. The van der Waals surface area contributed by atoms with Crippen molar-refractivity contribution < 1.29 is 4.42 Å². The number of para-hydroxylation sites is 1. The van der Waals surface area contributed by atoms with Crippen LogP contribution in [-0.2, 0) is 0 Å². The van der Waals surface area contributed by atoms with Crippen LogP contribution in [0.3, 0.4) is 0 Å². The Hall–Kier alpha value is -5.90. The molecule has 0 saturated heterocycles. The second-order valence-electron chi connectivity index (χ2n) is 12.2. The van der Waals surface area contributed by atoms with E-state index in [0.29, 0.717) is 0 Å². The fourth-order valence-electron chi connectivity index (χ4n) is 7.15. The molecule has 0 bridgehead atoms. The Kier molecular flexibility index (Phi) is 5.78. The van der Waals surface area contributed by atoms with Crippen molar-refractivity contribution in [1.29, 1.82) is 0 Å². The van der Waals surface area contributed by atoms with Crippen LogP contribution in [0.1, 0.15) is 0 Å². The molecule has 0 saturated carbocycles. The molecule has 0 aliphatic heterocycles. The van der Waals surface area contributed by atoms with E-state index >= 15 is 0 Å². The highest BCUT2D eigenvalue weighted by Crippen LogP contribution is 2.42. The van der Waals surface area contributed by atoms with Crippen LogP contribution in [0.2, 0.25) is 0 Å². The minimum Gasteiger partial charge on any atom is -0.456 e. The van der Waals surface area contributed by atoms with Gasteiger partial charge in [-0.25, -0.2) is 0 Å². The number of benzene rings is 8. The Morgan fingerprint density at radius 1 is 0.362 bits per heavy atom. The second kappa shape index (κ2) is 10.3. The molecule has 220 valence electrons. The number of furan rings is 1. The third kappa shape index (κ3) is 4.25. The van der Waals surface area contributed by atoms with Crippen LogP contribution >= 0.6 is 11.3 Å². The zero-order valence-electron chi connectivity index (χ0n) is 25.4. The van der Waals surface area contributed by atoms with Gasteiger partial charge in [-0.2, -0.15) is 0 Å². The summed E-state index contributed by atoms with van der Waals surface area (Å²) in [5.74, 6) is 0. The van der Waals surface area contributed by atoms with Gasteiger partial charge in [0.25, 0.3) is 0 Å². The maximum atomic E-state index is 6.28. The van der Waals surface area contributed by atoms with Crippen LogP contribution in [0.25, 0.3) is 74.8 Å². The molecule has 0 N–H and O–H groups in total. The van der Waals surface area contributed by atoms with Crippen molar-refractivity contribution in [3.05, 3.63) is 164 Å². The zero-order valence-corrected chi connectivity index (χ0v) is 26.2. The number of anilines is 3. The molecule has 0 spiro atoms. The second-order valence-corrected chi connectivity index (χ2v) is 13.2. The molecule has 0 aliphatic carbocycles. The van der Waals surface area contributed by atoms with Crippen molar-refractivity contribution >= 4 is 92.1 Å². The standard InChI is InChI=1S/C44H27NOS/c1-2-8-28(9-3-1)29-16-18-32(19-17-29)45(34-21-23-38-37-11-5-7-13-43(37)47-44(38)26-34)33-20-22-35-30(24-33)14-15-31-25-40-36-10-4-6-12-41(36)46-42(40)27-39(31)35/h1-27H. The van der Waals surface area contributed by atoms with Crippen molar-refractivity contribution in [1.82, 2.24) is 0 Å². The third-order valence-electron chi connectivity index (χ3n) is 9.43. The van der Waals surface area contributed by atoms with Gasteiger partial charge in [0.05, 0.1) is 0 Å². The topological polar surface area (TPSA) is 16.4 Å². The first kappa shape index (κ1) is 26.3. The van der Waals surface area contributed by atoms with Crippen LogP contribution in [0.15, 0.2) is 168 Å². The van der Waals surface area contributed by atoms with Crippen molar-refractivity contribution in [3.8, 4) is 11.1 Å². The van der Waals surface area contributed by atoms with Crippen LogP contribution in [0.4, 0.5) is 17.1 Å². The largest absolute Gasteiger partial charge is 0.456 e. The number of hydrogen-bond acceptors (Lipinski definition) is 3. The van der Waals surface area contributed by atoms with Gasteiger partial charge in [0, 0.05) is 48.0 Å². The summed E-state index contributed by atoms with van der Waals surface area (Å²) in [7, 11) is 0. The molecule has 10 rings (SSSR count). The van der Waals surface area contributed by atoms with E-state index < -0.39 is 0 Å². The lowest BCUT2D eigenvalue weighted by Gasteiger charge is -2.26. The molecule has 0 atom stereocenters. The van der Waals surface area contributed by atoms with Gasteiger partial charge in [-0.05, 0) is 93.3 Å². The Morgan fingerprint density at radius 2 is 1.00 bits per heavy atom. The van der Waals surface area contributed by atoms with Gasteiger partial charge in [-0.3, -0.25) is 0 Å². The first-order chi connectivity index (χ1) is 23.3. The summed E-state index contributed by atoms with van der Waals surface area (Å²) >= 11 is 1.85. The highest BCUT2D eigenvalue weighted by Gasteiger charge is 2.17. The molecular formula is C44H27NOS. The van der Waals surface area contributed by atoms with Crippen molar-refractivity contribution in [3.63, 3.8) is 0 Å². The first-order valence-corrected chi connectivity index (χ1v) is 16.7. The first-order valence-electron chi connectivity index (χ1n) is 15.9. The molecular weight excluding hydrogens is 591 g/mol. The van der Waals surface area contributed by atoms with Gasteiger partial charge in [0.2, 0.25) is 0 Å². The highest BCUT2D eigenvalue weighted by molar-refractivity contribution is 7.25. The molecule has 0 aliphatic rings. The van der Waals surface area contributed by atoms with E-state index in [-0.39, 0.29) is 0 Å². The lowest BCUT2D eigenvalue weighted by Crippen LogP contribution is -2.09. The van der Waals surface area contributed by atoms with E-state index in [1.54, 1.807) is 0 Å². The average Bonchev–Trinajstić information content (AvgIpc) is 3.69. The van der Waals surface area contributed by atoms with E-state index in [0.717, 1.165) is 39.0 Å². The summed E-state index contributed by atoms with van der Waals surface area (Å²) in [4.78, 5) is 2.38. The van der Waals surface area contributed by atoms with Crippen LogP contribution < -0.4 is 4.90 Å². The fraction of sp³-hybridized carbons (Fsp3) is 0. The highest BCUT2D eigenvalue weighted by atomic mass is 32.1. The number of nitrogens with zero attached hydrogens (tertiary/aromatic N) is 1. The van der Waals surface area contributed by atoms with Crippen LogP contribution in [-0.4, -0.2) is 0 Å². The Morgan fingerprint density at radius 3 is 1.85 bits per heavy atom. The van der Waals surface area contributed by atoms with E-state index in [1.165, 1.54) is 52.8 Å². The molecule has 3 heteroatoms. The van der Waals surface area contributed by atoms with Gasteiger partial charge < -0.3 is 9.32 Å². The van der Waals surface area contributed by atoms with Gasteiger partial charge in [0.1, 0.15) is 11.2 Å². The number of fused-ring (bicyclic) bond motifs is 9. The zero-order chi connectivity index (χ0) is 30.9.